The summed E-state index contributed by atoms with van der Waals surface area (Å²) in [5, 5.41) is 9.14. The lowest BCUT2D eigenvalue weighted by molar-refractivity contribution is -0.127. The number of hydrogen-bond acceptors (Lipinski definition) is 4. The fraction of sp³-hybridized carbons (Fsp3) is 0.286. The molecule has 0 radical (unpaired) electrons. The number of nitrogens with zero attached hydrogens (tertiary/aromatic N) is 4. The van der Waals surface area contributed by atoms with E-state index in [1.165, 1.54) is 17.8 Å². The highest BCUT2D eigenvalue weighted by Crippen LogP contribution is 2.30. The van der Waals surface area contributed by atoms with Crippen LogP contribution in [-0.2, 0) is 4.79 Å². The Hall–Kier alpha value is -2.67. The zero-order valence-electron chi connectivity index (χ0n) is 15.6. The molecule has 0 aliphatic carbocycles. The summed E-state index contributed by atoms with van der Waals surface area (Å²) in [6.07, 6.45) is 2.13. The highest BCUT2D eigenvalue weighted by Gasteiger charge is 2.22. The topological polar surface area (TPSA) is 51.0 Å². The van der Waals surface area contributed by atoms with E-state index in [1.54, 1.807) is 18.2 Å². The summed E-state index contributed by atoms with van der Waals surface area (Å²) < 4.78 is 16.3. The zero-order valence-corrected chi connectivity index (χ0v) is 16.5. The lowest BCUT2D eigenvalue weighted by atomic mass is 10.1. The van der Waals surface area contributed by atoms with Gasteiger partial charge in [0, 0.05) is 13.1 Å². The van der Waals surface area contributed by atoms with Crippen molar-refractivity contribution in [3.8, 4) is 17.1 Å². The Labute approximate surface area is 167 Å². The predicted octanol–water partition coefficient (Wildman–Crippen LogP) is 4.10. The first-order valence-electron chi connectivity index (χ1n) is 9.32. The second-order valence-electron chi connectivity index (χ2n) is 6.78. The number of likely N-dealkylation sites (tertiary alicyclic amines) is 1. The van der Waals surface area contributed by atoms with Crippen LogP contribution in [0.25, 0.3) is 17.1 Å². The summed E-state index contributed by atoms with van der Waals surface area (Å²) in [6, 6.07) is 14.4. The highest BCUT2D eigenvalue weighted by molar-refractivity contribution is 7.99. The average molecular weight is 396 g/mol. The van der Waals surface area contributed by atoms with Crippen LogP contribution < -0.4 is 0 Å². The molecule has 0 saturated carbocycles. The Morgan fingerprint density at radius 2 is 1.79 bits per heavy atom. The maximum Gasteiger partial charge on any atom is 0.233 e. The Morgan fingerprint density at radius 1 is 1.07 bits per heavy atom. The van der Waals surface area contributed by atoms with Crippen molar-refractivity contribution >= 4 is 17.7 Å². The Bertz CT molecular complexity index is 998. The van der Waals surface area contributed by atoms with Crippen molar-refractivity contribution in [1.29, 1.82) is 0 Å². The van der Waals surface area contributed by atoms with E-state index in [-0.39, 0.29) is 11.7 Å². The Balaban J connectivity index is 1.71. The van der Waals surface area contributed by atoms with Crippen LogP contribution in [0.2, 0.25) is 0 Å². The van der Waals surface area contributed by atoms with Crippen molar-refractivity contribution in [2.45, 2.75) is 24.9 Å². The number of aromatic nitrogens is 3. The molecule has 0 atom stereocenters. The average Bonchev–Trinajstić information content (AvgIpc) is 3.37. The van der Waals surface area contributed by atoms with Gasteiger partial charge in [0.05, 0.1) is 17.0 Å². The van der Waals surface area contributed by atoms with Crippen molar-refractivity contribution in [3.05, 3.63) is 59.9 Å². The van der Waals surface area contributed by atoms with Crippen molar-refractivity contribution in [2.24, 2.45) is 0 Å². The number of para-hydroxylation sites is 1. The molecule has 144 valence electrons. The van der Waals surface area contributed by atoms with Gasteiger partial charge in [0.1, 0.15) is 5.82 Å². The third-order valence-electron chi connectivity index (χ3n) is 4.89. The summed E-state index contributed by atoms with van der Waals surface area (Å²) in [6.45, 7) is 3.64. The van der Waals surface area contributed by atoms with Gasteiger partial charge in [-0.05, 0) is 43.5 Å². The summed E-state index contributed by atoms with van der Waals surface area (Å²) in [7, 11) is 0. The first kappa shape index (κ1) is 18.7. The maximum absolute atomic E-state index is 14.5. The Morgan fingerprint density at radius 3 is 2.54 bits per heavy atom. The van der Waals surface area contributed by atoms with E-state index in [0.717, 1.165) is 37.2 Å². The second kappa shape index (κ2) is 8.14. The minimum absolute atomic E-state index is 0.106. The van der Waals surface area contributed by atoms with E-state index in [9.17, 15) is 9.18 Å². The second-order valence-corrected chi connectivity index (χ2v) is 7.73. The molecule has 0 N–H and O–H groups in total. The summed E-state index contributed by atoms with van der Waals surface area (Å²) in [5.74, 6) is 0.480. The van der Waals surface area contributed by atoms with Crippen LogP contribution in [0.15, 0.2) is 53.7 Å². The number of rotatable bonds is 5. The summed E-state index contributed by atoms with van der Waals surface area (Å²) >= 11 is 1.34. The largest absolute Gasteiger partial charge is 0.342 e. The molecule has 4 rings (SSSR count). The number of amides is 1. The van der Waals surface area contributed by atoms with E-state index in [4.69, 9.17) is 0 Å². The zero-order chi connectivity index (χ0) is 19.5. The van der Waals surface area contributed by atoms with Gasteiger partial charge in [-0.3, -0.25) is 9.36 Å². The van der Waals surface area contributed by atoms with Gasteiger partial charge < -0.3 is 4.90 Å². The molecule has 28 heavy (non-hydrogen) atoms. The molecular weight excluding hydrogens is 375 g/mol. The Kier molecular flexibility index (Phi) is 5.43. The number of thioether (sulfide) groups is 1. The van der Waals surface area contributed by atoms with Gasteiger partial charge in [0.2, 0.25) is 5.91 Å². The van der Waals surface area contributed by atoms with Gasteiger partial charge >= 0.3 is 0 Å². The van der Waals surface area contributed by atoms with Gasteiger partial charge in [-0.2, -0.15) is 0 Å². The smallest absolute Gasteiger partial charge is 0.233 e. The monoisotopic (exact) mass is 396 g/mol. The first-order chi connectivity index (χ1) is 13.6. The van der Waals surface area contributed by atoms with Crippen molar-refractivity contribution in [3.63, 3.8) is 0 Å². The number of halogens is 1. The normalized spacial score (nSPS) is 13.9. The first-order valence-corrected chi connectivity index (χ1v) is 10.3. The molecular formula is C21H21FN4OS. The highest BCUT2D eigenvalue weighted by atomic mass is 32.2. The van der Waals surface area contributed by atoms with E-state index in [2.05, 4.69) is 10.2 Å². The molecule has 1 amide bonds. The molecule has 0 unspecified atom stereocenters. The fourth-order valence-corrected chi connectivity index (χ4v) is 4.24. The number of carbonyl (C=O) groups excluding carboxylic acids is 1. The molecule has 3 aromatic rings. The van der Waals surface area contributed by atoms with Crippen LogP contribution in [0.5, 0.6) is 0 Å². The summed E-state index contributed by atoms with van der Waals surface area (Å²) in [5.41, 5.74) is 2.28. The minimum Gasteiger partial charge on any atom is -0.342 e. The molecule has 1 aliphatic heterocycles. The molecule has 0 bridgehead atoms. The lowest BCUT2D eigenvalue weighted by Gasteiger charge is -2.16. The SMILES string of the molecule is Cc1ccccc1-n1c(SCC(=O)N2CCCC2)nnc1-c1ccccc1F. The maximum atomic E-state index is 14.5. The van der Waals surface area contributed by atoms with E-state index in [0.29, 0.717) is 22.3 Å². The molecule has 1 aliphatic rings. The van der Waals surface area contributed by atoms with Crippen LogP contribution in [0, 0.1) is 12.7 Å². The van der Waals surface area contributed by atoms with E-state index >= 15 is 0 Å². The molecule has 1 fully saturated rings. The van der Waals surface area contributed by atoms with Crippen LogP contribution in [0.1, 0.15) is 18.4 Å². The van der Waals surface area contributed by atoms with Crippen LogP contribution in [0.3, 0.4) is 0 Å². The number of hydrogen-bond donors (Lipinski definition) is 0. The molecule has 5 nitrogen and oxygen atoms in total. The van der Waals surface area contributed by atoms with Crippen LogP contribution >= 0.6 is 11.8 Å². The van der Waals surface area contributed by atoms with Crippen LogP contribution in [-0.4, -0.2) is 44.4 Å². The van der Waals surface area contributed by atoms with E-state index < -0.39 is 0 Å². The number of carbonyl (C=O) groups is 1. The number of benzene rings is 2. The molecule has 1 aromatic heterocycles. The summed E-state index contributed by atoms with van der Waals surface area (Å²) in [4.78, 5) is 14.3. The van der Waals surface area contributed by atoms with Crippen molar-refractivity contribution in [2.75, 3.05) is 18.8 Å². The lowest BCUT2D eigenvalue weighted by Crippen LogP contribution is -2.29. The van der Waals surface area contributed by atoms with Gasteiger partial charge in [0.15, 0.2) is 11.0 Å². The van der Waals surface area contributed by atoms with Gasteiger partial charge in [-0.15, -0.1) is 10.2 Å². The van der Waals surface area contributed by atoms with Gasteiger partial charge in [-0.25, -0.2) is 4.39 Å². The molecule has 1 saturated heterocycles. The van der Waals surface area contributed by atoms with Crippen molar-refractivity contribution < 1.29 is 9.18 Å². The molecule has 2 heterocycles. The van der Waals surface area contributed by atoms with Gasteiger partial charge in [-0.1, -0.05) is 42.1 Å². The standard InChI is InChI=1S/C21H21FN4OS/c1-15-8-2-5-11-18(15)26-20(16-9-3-4-10-17(16)22)23-24-21(26)28-14-19(27)25-12-6-7-13-25/h2-5,8-11H,6-7,12-14H2,1H3. The molecule has 2 aromatic carbocycles. The van der Waals surface area contributed by atoms with Crippen LogP contribution in [0.4, 0.5) is 4.39 Å². The quantitative estimate of drug-likeness (QED) is 0.610. The third-order valence-corrected chi connectivity index (χ3v) is 5.80. The molecule has 7 heteroatoms. The minimum atomic E-state index is -0.352. The predicted molar refractivity (Wildman–Crippen MR) is 108 cm³/mol. The number of aryl methyl sites for hydroxylation is 1. The van der Waals surface area contributed by atoms with E-state index in [1.807, 2.05) is 40.7 Å². The fourth-order valence-electron chi connectivity index (χ4n) is 3.40. The van der Waals surface area contributed by atoms with Gasteiger partial charge in [0.25, 0.3) is 0 Å². The molecule has 0 spiro atoms. The van der Waals surface area contributed by atoms with Crippen molar-refractivity contribution in [1.82, 2.24) is 19.7 Å². The third kappa shape index (κ3) is 3.67.